The van der Waals surface area contributed by atoms with Gasteiger partial charge in [-0.1, -0.05) is 13.8 Å². The molecule has 0 aliphatic heterocycles. The van der Waals surface area contributed by atoms with Gasteiger partial charge in [-0.25, -0.2) is 9.59 Å². The molecule has 0 atom stereocenters. The van der Waals surface area contributed by atoms with Gasteiger partial charge in [-0.05, 0) is 26.7 Å². The number of carbonyl (C=O) groups is 2. The van der Waals surface area contributed by atoms with Crippen LogP contribution in [0.4, 0.5) is 0 Å². The van der Waals surface area contributed by atoms with Crippen molar-refractivity contribution in [1.82, 2.24) is 0 Å². The minimum atomic E-state index is -1.58. The van der Waals surface area contributed by atoms with E-state index in [1.165, 1.54) is 0 Å². The number of carboxylic acids is 2. The highest BCUT2D eigenvalue weighted by Gasteiger charge is 2.31. The summed E-state index contributed by atoms with van der Waals surface area (Å²) < 4.78 is 10.5. The molecule has 0 amide bonds. The zero-order valence-electron chi connectivity index (χ0n) is 11.1. The molecule has 0 bridgehead atoms. The van der Waals surface area contributed by atoms with Gasteiger partial charge in [0.1, 0.15) is 5.60 Å². The first kappa shape index (κ1) is 16.3. The third-order valence-corrected chi connectivity index (χ3v) is 2.74. The number of hydrogen-bond acceptors (Lipinski definition) is 4. The van der Waals surface area contributed by atoms with Gasteiger partial charge in [0, 0.05) is 0 Å². The molecule has 0 unspecified atom stereocenters. The van der Waals surface area contributed by atoms with E-state index in [4.69, 9.17) is 19.7 Å². The summed E-state index contributed by atoms with van der Waals surface area (Å²) in [7, 11) is 0. The molecule has 0 spiro atoms. The maximum absolute atomic E-state index is 10.9. The maximum atomic E-state index is 10.9. The summed E-state index contributed by atoms with van der Waals surface area (Å²) in [5.74, 6) is -3.61. The molecule has 0 fully saturated rings. The summed E-state index contributed by atoms with van der Waals surface area (Å²) in [5, 5.41) is 17.8. The second-order valence-corrected chi connectivity index (χ2v) is 3.96. The molecule has 0 aromatic carbocycles. The summed E-state index contributed by atoms with van der Waals surface area (Å²) in [4.78, 5) is 21.8. The first-order valence-electron chi connectivity index (χ1n) is 5.83. The number of aliphatic carboxylic acids is 2. The van der Waals surface area contributed by atoms with E-state index in [1.54, 1.807) is 13.8 Å². The minimum absolute atomic E-state index is 0.128. The van der Waals surface area contributed by atoms with E-state index in [2.05, 4.69) is 0 Å². The molecule has 0 aliphatic rings. The van der Waals surface area contributed by atoms with E-state index >= 15 is 0 Å². The number of rotatable bonds is 8. The van der Waals surface area contributed by atoms with Crippen LogP contribution in [-0.2, 0) is 19.1 Å². The van der Waals surface area contributed by atoms with Gasteiger partial charge in [0.2, 0.25) is 5.57 Å². The molecule has 0 saturated heterocycles. The van der Waals surface area contributed by atoms with Crippen LogP contribution < -0.4 is 0 Å². The normalized spacial score (nSPS) is 10.7. The lowest BCUT2D eigenvalue weighted by atomic mass is 10.0. The van der Waals surface area contributed by atoms with Crippen molar-refractivity contribution in [2.45, 2.75) is 46.1 Å². The average Bonchev–Trinajstić information content (AvgIpc) is 2.28. The van der Waals surface area contributed by atoms with E-state index in [0.717, 1.165) is 0 Å². The summed E-state index contributed by atoms with van der Waals surface area (Å²) >= 11 is 0. The van der Waals surface area contributed by atoms with Crippen LogP contribution in [0.2, 0.25) is 0 Å². The van der Waals surface area contributed by atoms with Crippen LogP contribution in [0, 0.1) is 0 Å². The zero-order chi connectivity index (χ0) is 14.3. The van der Waals surface area contributed by atoms with Crippen molar-refractivity contribution in [2.75, 3.05) is 6.61 Å². The Balaban J connectivity index is 5.46. The Kier molecular flexibility index (Phi) is 6.22. The molecule has 6 nitrogen and oxygen atoms in total. The van der Waals surface area contributed by atoms with Crippen molar-refractivity contribution in [3.8, 4) is 0 Å². The lowest BCUT2D eigenvalue weighted by Gasteiger charge is -2.29. The highest BCUT2D eigenvalue weighted by atomic mass is 16.7. The summed E-state index contributed by atoms with van der Waals surface area (Å²) in [6, 6.07) is 0. The molecule has 0 aliphatic carbocycles. The number of hydrogen-bond donors (Lipinski definition) is 2. The van der Waals surface area contributed by atoms with E-state index < -0.39 is 29.1 Å². The van der Waals surface area contributed by atoms with Crippen molar-refractivity contribution >= 4 is 11.9 Å². The van der Waals surface area contributed by atoms with Gasteiger partial charge in [-0.2, -0.15) is 0 Å². The van der Waals surface area contributed by atoms with E-state index in [9.17, 15) is 9.59 Å². The second-order valence-electron chi connectivity index (χ2n) is 3.96. The summed E-state index contributed by atoms with van der Waals surface area (Å²) in [6.07, 6.45) is 1.21. The molecule has 104 valence electrons. The van der Waals surface area contributed by atoms with Gasteiger partial charge < -0.3 is 19.7 Å². The predicted octanol–water partition coefficient (Wildman–Crippen LogP) is 2.00. The minimum Gasteiger partial charge on any atom is -0.477 e. The fraction of sp³-hybridized carbons (Fsp3) is 0.667. The Bertz CT molecular complexity index is 324. The topological polar surface area (TPSA) is 93.1 Å². The lowest BCUT2D eigenvalue weighted by molar-refractivity contribution is -0.143. The first-order chi connectivity index (χ1) is 8.31. The SMILES string of the molecule is CCOC(OC(C)(CC)CC)=C(C(=O)O)C(=O)O. The maximum Gasteiger partial charge on any atom is 0.350 e. The molecule has 0 saturated carbocycles. The van der Waals surface area contributed by atoms with Gasteiger partial charge in [0.25, 0.3) is 0 Å². The molecular weight excluding hydrogens is 240 g/mol. The van der Waals surface area contributed by atoms with Crippen molar-refractivity contribution in [3.05, 3.63) is 11.5 Å². The van der Waals surface area contributed by atoms with Crippen LogP contribution in [-0.4, -0.2) is 34.4 Å². The van der Waals surface area contributed by atoms with Gasteiger partial charge in [-0.3, -0.25) is 0 Å². The van der Waals surface area contributed by atoms with Gasteiger partial charge in [0.05, 0.1) is 6.61 Å². The van der Waals surface area contributed by atoms with Crippen molar-refractivity contribution < 1.29 is 29.3 Å². The Hall–Kier alpha value is -1.72. The van der Waals surface area contributed by atoms with Crippen LogP contribution in [0.1, 0.15) is 40.5 Å². The quantitative estimate of drug-likeness (QED) is 0.300. The van der Waals surface area contributed by atoms with Gasteiger partial charge in [0.15, 0.2) is 0 Å². The third-order valence-electron chi connectivity index (χ3n) is 2.74. The van der Waals surface area contributed by atoms with Gasteiger partial charge in [-0.15, -0.1) is 0 Å². The largest absolute Gasteiger partial charge is 0.477 e. The van der Waals surface area contributed by atoms with E-state index in [0.29, 0.717) is 12.8 Å². The van der Waals surface area contributed by atoms with Crippen LogP contribution in [0.25, 0.3) is 0 Å². The lowest BCUT2D eigenvalue weighted by Crippen LogP contribution is -2.29. The van der Waals surface area contributed by atoms with Crippen LogP contribution in [0.15, 0.2) is 11.5 Å². The number of carboxylic acid groups (broad SMARTS) is 2. The zero-order valence-corrected chi connectivity index (χ0v) is 11.1. The molecule has 0 aromatic rings. The highest BCUT2D eigenvalue weighted by Crippen LogP contribution is 2.25. The Labute approximate surface area is 106 Å². The molecule has 0 rings (SSSR count). The molecule has 18 heavy (non-hydrogen) atoms. The summed E-state index contributed by atoms with van der Waals surface area (Å²) in [5.41, 5.74) is -1.54. The predicted molar refractivity (Wildman–Crippen MR) is 64.0 cm³/mol. The fourth-order valence-corrected chi connectivity index (χ4v) is 1.17. The highest BCUT2D eigenvalue weighted by molar-refractivity contribution is 6.12. The Morgan fingerprint density at radius 2 is 1.50 bits per heavy atom. The van der Waals surface area contributed by atoms with Crippen molar-refractivity contribution in [1.29, 1.82) is 0 Å². The fourth-order valence-electron chi connectivity index (χ4n) is 1.17. The van der Waals surface area contributed by atoms with Crippen LogP contribution >= 0.6 is 0 Å². The van der Waals surface area contributed by atoms with Gasteiger partial charge >= 0.3 is 17.9 Å². The van der Waals surface area contributed by atoms with Crippen LogP contribution in [0.5, 0.6) is 0 Å². The monoisotopic (exact) mass is 260 g/mol. The smallest absolute Gasteiger partial charge is 0.350 e. The van der Waals surface area contributed by atoms with E-state index in [1.807, 2.05) is 13.8 Å². The number of ether oxygens (including phenoxy) is 2. The first-order valence-corrected chi connectivity index (χ1v) is 5.83. The Morgan fingerprint density at radius 1 is 1.06 bits per heavy atom. The third kappa shape index (κ3) is 4.27. The molecule has 0 radical (unpaired) electrons. The molecule has 2 N–H and O–H groups in total. The molecule has 6 heteroatoms. The second kappa shape index (κ2) is 6.88. The molecule has 0 aromatic heterocycles. The van der Waals surface area contributed by atoms with Crippen molar-refractivity contribution in [2.24, 2.45) is 0 Å². The molecular formula is C12H20O6. The van der Waals surface area contributed by atoms with E-state index in [-0.39, 0.29) is 6.61 Å². The summed E-state index contributed by atoms with van der Waals surface area (Å²) in [6.45, 7) is 7.26. The molecule has 0 heterocycles. The standard InChI is InChI=1S/C12H20O6/c1-5-12(4,6-2)18-11(17-7-3)8(9(13)14)10(15)16/h5-7H2,1-4H3,(H,13,14)(H,15,16). The van der Waals surface area contributed by atoms with Crippen molar-refractivity contribution in [3.63, 3.8) is 0 Å². The average molecular weight is 260 g/mol. The van der Waals surface area contributed by atoms with Crippen LogP contribution in [0.3, 0.4) is 0 Å². The Morgan fingerprint density at radius 3 is 1.78 bits per heavy atom.